The summed E-state index contributed by atoms with van der Waals surface area (Å²) in [7, 11) is 0. The van der Waals surface area contributed by atoms with Crippen molar-refractivity contribution in [2.24, 2.45) is 0 Å². The Balaban J connectivity index is 4.43. The molecule has 420 valence electrons. The van der Waals surface area contributed by atoms with Gasteiger partial charge in [0, 0.05) is 19.3 Å². The zero-order valence-corrected chi connectivity index (χ0v) is 48.1. The summed E-state index contributed by atoms with van der Waals surface area (Å²) in [6.45, 7) is 6.50. The van der Waals surface area contributed by atoms with Crippen LogP contribution in [0.5, 0.6) is 0 Å². The highest BCUT2D eigenvalue weighted by molar-refractivity contribution is 5.71. The van der Waals surface area contributed by atoms with Crippen LogP contribution in [0.3, 0.4) is 0 Å². The van der Waals surface area contributed by atoms with Gasteiger partial charge in [0.2, 0.25) is 0 Å². The third kappa shape index (κ3) is 59.3. The van der Waals surface area contributed by atoms with Crippen LogP contribution < -0.4 is 0 Å². The van der Waals surface area contributed by atoms with E-state index < -0.39 is 6.10 Å². The van der Waals surface area contributed by atoms with Crippen LogP contribution in [0.1, 0.15) is 303 Å². The van der Waals surface area contributed by atoms with Crippen LogP contribution in [0.4, 0.5) is 0 Å². The van der Waals surface area contributed by atoms with Crippen LogP contribution in [-0.4, -0.2) is 37.2 Å². The second-order valence-corrected chi connectivity index (χ2v) is 20.6. The fourth-order valence-corrected chi connectivity index (χ4v) is 8.74. The Morgan fingerprint density at radius 1 is 0.288 bits per heavy atom. The van der Waals surface area contributed by atoms with Crippen molar-refractivity contribution in [1.82, 2.24) is 0 Å². The Labute approximate surface area is 452 Å². The molecule has 73 heavy (non-hydrogen) atoms. The summed E-state index contributed by atoms with van der Waals surface area (Å²) in [5.41, 5.74) is 0. The number of carbonyl (C=O) groups excluding carboxylic acids is 3. The van der Waals surface area contributed by atoms with Gasteiger partial charge >= 0.3 is 17.9 Å². The molecule has 0 radical (unpaired) electrons. The largest absolute Gasteiger partial charge is 0.462 e. The summed E-state index contributed by atoms with van der Waals surface area (Å²) in [6, 6.07) is 0. The summed E-state index contributed by atoms with van der Waals surface area (Å²) >= 11 is 0. The maximum absolute atomic E-state index is 12.9. The standard InChI is InChI=1S/C67H116O6/c1-4-7-10-13-16-19-22-25-28-31-33-36-39-42-45-48-51-54-57-60-66(69)72-63-64(62-71-65(68)59-56-53-50-47-44-41-38-35-30-27-24-21-18-15-12-9-6-3)73-67(70)61-58-55-52-49-46-43-40-37-34-32-29-26-23-20-17-14-11-8-5-2/h7,10,16,18-19,21,25,27-28,30,33,36,42,45,64H,4-6,8-9,11-15,17,20,22-24,26,29,31-32,34-35,37-41,43-44,46-63H2,1-3H3/b10-7-,19-16-,21-18-,28-25-,30-27-,36-33-,45-42-/t64-/m1/s1. The lowest BCUT2D eigenvalue weighted by molar-refractivity contribution is -0.167. The predicted molar refractivity (Wildman–Crippen MR) is 316 cm³/mol. The van der Waals surface area contributed by atoms with E-state index in [1.54, 1.807) is 0 Å². The molecule has 0 fully saturated rings. The van der Waals surface area contributed by atoms with Crippen molar-refractivity contribution in [2.45, 2.75) is 309 Å². The molecule has 0 saturated heterocycles. The molecule has 0 spiro atoms. The second-order valence-electron chi connectivity index (χ2n) is 20.6. The van der Waals surface area contributed by atoms with Crippen LogP contribution >= 0.6 is 0 Å². The Hall–Kier alpha value is -3.41. The minimum absolute atomic E-state index is 0.0893. The lowest BCUT2D eigenvalue weighted by atomic mass is 10.0. The first-order valence-electron chi connectivity index (χ1n) is 31.1. The van der Waals surface area contributed by atoms with E-state index in [2.05, 4.69) is 106 Å². The smallest absolute Gasteiger partial charge is 0.306 e. The molecule has 0 aliphatic rings. The van der Waals surface area contributed by atoms with E-state index in [0.717, 1.165) is 109 Å². The van der Waals surface area contributed by atoms with Gasteiger partial charge in [-0.15, -0.1) is 0 Å². The van der Waals surface area contributed by atoms with Gasteiger partial charge in [-0.2, -0.15) is 0 Å². The Morgan fingerprint density at radius 2 is 0.534 bits per heavy atom. The molecule has 0 unspecified atom stereocenters. The molecule has 0 saturated carbocycles. The molecule has 0 aliphatic carbocycles. The monoisotopic (exact) mass is 1020 g/mol. The Bertz CT molecular complexity index is 1400. The third-order valence-corrected chi connectivity index (χ3v) is 13.4. The van der Waals surface area contributed by atoms with E-state index in [-0.39, 0.29) is 31.1 Å². The van der Waals surface area contributed by atoms with E-state index in [1.807, 2.05) is 0 Å². The average molecular weight is 1020 g/mol. The van der Waals surface area contributed by atoms with Gasteiger partial charge in [-0.05, 0) is 96.3 Å². The van der Waals surface area contributed by atoms with Crippen molar-refractivity contribution in [2.75, 3.05) is 13.2 Å². The van der Waals surface area contributed by atoms with E-state index in [4.69, 9.17) is 14.2 Å². The summed E-state index contributed by atoms with van der Waals surface area (Å²) in [5.74, 6) is -0.916. The van der Waals surface area contributed by atoms with Crippen molar-refractivity contribution in [1.29, 1.82) is 0 Å². The molecule has 0 bridgehead atoms. The van der Waals surface area contributed by atoms with E-state index in [9.17, 15) is 14.4 Å². The lowest BCUT2D eigenvalue weighted by Crippen LogP contribution is -2.30. The molecule has 6 nitrogen and oxygen atoms in total. The average Bonchev–Trinajstić information content (AvgIpc) is 3.39. The van der Waals surface area contributed by atoms with Crippen LogP contribution in [0.15, 0.2) is 85.1 Å². The van der Waals surface area contributed by atoms with Gasteiger partial charge in [0.05, 0.1) is 0 Å². The molecule has 0 rings (SSSR count). The van der Waals surface area contributed by atoms with Crippen LogP contribution in [0.2, 0.25) is 0 Å². The maximum Gasteiger partial charge on any atom is 0.306 e. The summed E-state index contributed by atoms with van der Waals surface area (Å²) in [4.78, 5) is 38.3. The van der Waals surface area contributed by atoms with E-state index in [0.29, 0.717) is 19.3 Å². The first-order chi connectivity index (χ1) is 36.0. The Kier molecular flexibility index (Phi) is 58.3. The minimum atomic E-state index is -0.794. The van der Waals surface area contributed by atoms with Crippen molar-refractivity contribution >= 4 is 17.9 Å². The number of hydrogen-bond donors (Lipinski definition) is 0. The van der Waals surface area contributed by atoms with Crippen molar-refractivity contribution in [3.05, 3.63) is 85.1 Å². The highest BCUT2D eigenvalue weighted by atomic mass is 16.6. The zero-order chi connectivity index (χ0) is 52.9. The number of unbranched alkanes of at least 4 members (excludes halogenated alkanes) is 31. The van der Waals surface area contributed by atoms with Gasteiger partial charge in [0.25, 0.3) is 0 Å². The summed E-state index contributed by atoms with van der Waals surface area (Å²) < 4.78 is 16.9. The predicted octanol–water partition coefficient (Wildman–Crippen LogP) is 21.1. The molecule has 6 heteroatoms. The molecule has 0 aromatic heterocycles. The Morgan fingerprint density at radius 3 is 0.877 bits per heavy atom. The molecular weight excluding hydrogens is 901 g/mol. The topological polar surface area (TPSA) is 78.9 Å². The van der Waals surface area contributed by atoms with E-state index in [1.165, 1.54) is 154 Å². The number of rotatable bonds is 56. The van der Waals surface area contributed by atoms with Gasteiger partial charge in [0.1, 0.15) is 13.2 Å². The fourth-order valence-electron chi connectivity index (χ4n) is 8.74. The molecule has 0 amide bonds. The quantitative estimate of drug-likeness (QED) is 0.0261. The minimum Gasteiger partial charge on any atom is -0.462 e. The number of ether oxygens (including phenoxy) is 3. The van der Waals surface area contributed by atoms with Gasteiger partial charge in [-0.25, -0.2) is 0 Å². The molecule has 0 aliphatic heterocycles. The molecule has 0 N–H and O–H groups in total. The molecule has 0 aromatic carbocycles. The molecule has 1 atom stereocenters. The van der Waals surface area contributed by atoms with Crippen LogP contribution in [0.25, 0.3) is 0 Å². The summed E-state index contributed by atoms with van der Waals surface area (Å²) in [5, 5.41) is 0. The number of esters is 3. The second kappa shape index (κ2) is 61.1. The van der Waals surface area contributed by atoms with Crippen LogP contribution in [0, 0.1) is 0 Å². The molecular formula is C67H116O6. The third-order valence-electron chi connectivity index (χ3n) is 13.4. The first-order valence-corrected chi connectivity index (χ1v) is 31.1. The zero-order valence-electron chi connectivity index (χ0n) is 48.1. The highest BCUT2D eigenvalue weighted by Gasteiger charge is 2.19. The first kappa shape index (κ1) is 69.6. The fraction of sp³-hybridized carbons (Fsp3) is 0.746. The lowest BCUT2D eigenvalue weighted by Gasteiger charge is -2.18. The van der Waals surface area contributed by atoms with Crippen molar-refractivity contribution in [3.8, 4) is 0 Å². The number of hydrogen-bond acceptors (Lipinski definition) is 6. The van der Waals surface area contributed by atoms with Gasteiger partial charge in [0.15, 0.2) is 6.10 Å². The van der Waals surface area contributed by atoms with Crippen molar-refractivity contribution in [3.63, 3.8) is 0 Å². The van der Waals surface area contributed by atoms with Crippen molar-refractivity contribution < 1.29 is 28.6 Å². The molecule has 0 aromatic rings. The van der Waals surface area contributed by atoms with Crippen LogP contribution in [-0.2, 0) is 28.6 Å². The number of allylic oxidation sites excluding steroid dienone is 14. The van der Waals surface area contributed by atoms with E-state index >= 15 is 0 Å². The van der Waals surface area contributed by atoms with Gasteiger partial charge < -0.3 is 14.2 Å². The number of carbonyl (C=O) groups is 3. The maximum atomic E-state index is 12.9. The highest BCUT2D eigenvalue weighted by Crippen LogP contribution is 2.16. The summed E-state index contributed by atoms with van der Waals surface area (Å²) in [6.07, 6.45) is 80.1. The van der Waals surface area contributed by atoms with Gasteiger partial charge in [-0.3, -0.25) is 14.4 Å². The normalized spacial score (nSPS) is 12.6. The molecule has 0 heterocycles. The van der Waals surface area contributed by atoms with Gasteiger partial charge in [-0.1, -0.05) is 273 Å². The SMILES string of the molecule is CC/C=C\C/C=C\C/C=C\C/C=C\C/C=C\CCCCCC(=O)OC[C@@H](COC(=O)CCCCCCCCC/C=C\C/C=C\CCCCC)OC(=O)CCCCCCCCCCCCCCCCCCCCC.